The fraction of sp³-hybridized carbons (Fsp3) is 0.533. The second kappa shape index (κ2) is 6.57. The molecule has 0 aliphatic rings. The van der Waals surface area contributed by atoms with Gasteiger partial charge in [0.05, 0.1) is 5.60 Å². The van der Waals surface area contributed by atoms with Gasteiger partial charge in [-0.2, -0.15) is 0 Å². The van der Waals surface area contributed by atoms with E-state index in [-0.39, 0.29) is 11.5 Å². The van der Waals surface area contributed by atoms with E-state index in [2.05, 4.69) is 31.4 Å². The van der Waals surface area contributed by atoms with Crippen molar-refractivity contribution in [1.29, 1.82) is 0 Å². The van der Waals surface area contributed by atoms with E-state index >= 15 is 0 Å². The fourth-order valence-electron chi connectivity index (χ4n) is 2.02. The zero-order chi connectivity index (χ0) is 14.5. The van der Waals surface area contributed by atoms with Gasteiger partial charge in [0.15, 0.2) is 0 Å². The molecule has 1 amide bonds. The minimum Gasteiger partial charge on any atom is -0.382 e. The van der Waals surface area contributed by atoms with Gasteiger partial charge in [-0.3, -0.25) is 4.79 Å². The Hall–Kier alpha value is -1.55. The van der Waals surface area contributed by atoms with E-state index in [4.69, 9.17) is 4.74 Å². The zero-order valence-corrected chi connectivity index (χ0v) is 12.4. The van der Waals surface area contributed by atoms with Crippen molar-refractivity contribution in [1.82, 2.24) is 5.32 Å². The van der Waals surface area contributed by atoms with Crippen LogP contribution in [0.15, 0.2) is 24.3 Å². The maximum Gasteiger partial charge on any atom is 0.251 e. The lowest BCUT2D eigenvalue weighted by Gasteiger charge is -2.27. The van der Waals surface area contributed by atoms with E-state index in [9.17, 15) is 4.79 Å². The van der Waals surface area contributed by atoms with Crippen molar-refractivity contribution in [3.05, 3.63) is 29.8 Å². The number of nitrogens with one attached hydrogen (secondary N) is 2. The molecule has 0 spiro atoms. The van der Waals surface area contributed by atoms with E-state index < -0.39 is 0 Å². The molecule has 0 bridgehead atoms. The molecule has 0 aromatic heterocycles. The van der Waals surface area contributed by atoms with Crippen molar-refractivity contribution in [2.45, 2.75) is 38.8 Å². The summed E-state index contributed by atoms with van der Waals surface area (Å²) < 4.78 is 5.42. The Kier molecular flexibility index (Phi) is 5.36. The standard InChI is InChI=1S/C15H24N2O2/c1-11(10-15(2,3)19-5)17-13-8-6-12(7-9-13)14(18)16-4/h6-9,11,17H,10H2,1-5H3,(H,16,18). The van der Waals surface area contributed by atoms with Crippen LogP contribution in [-0.2, 0) is 4.74 Å². The Morgan fingerprint density at radius 1 is 1.32 bits per heavy atom. The van der Waals surface area contributed by atoms with Gasteiger partial charge in [-0.15, -0.1) is 0 Å². The molecule has 0 heterocycles. The molecule has 4 heteroatoms. The number of hydrogen-bond donors (Lipinski definition) is 2. The lowest BCUT2D eigenvalue weighted by atomic mass is 9.99. The minimum absolute atomic E-state index is 0.0693. The largest absolute Gasteiger partial charge is 0.382 e. The van der Waals surface area contributed by atoms with Crippen molar-refractivity contribution in [3.63, 3.8) is 0 Å². The highest BCUT2D eigenvalue weighted by Gasteiger charge is 2.19. The molecule has 19 heavy (non-hydrogen) atoms. The topological polar surface area (TPSA) is 50.4 Å². The van der Waals surface area contributed by atoms with Gasteiger partial charge in [-0.25, -0.2) is 0 Å². The highest BCUT2D eigenvalue weighted by Crippen LogP contribution is 2.19. The van der Waals surface area contributed by atoms with Crippen LogP contribution in [0.5, 0.6) is 0 Å². The van der Waals surface area contributed by atoms with Crippen molar-refractivity contribution in [2.75, 3.05) is 19.5 Å². The molecule has 4 nitrogen and oxygen atoms in total. The van der Waals surface area contributed by atoms with E-state index in [1.807, 2.05) is 24.3 Å². The number of rotatable bonds is 6. The Balaban J connectivity index is 2.60. The van der Waals surface area contributed by atoms with Crippen molar-refractivity contribution in [2.24, 2.45) is 0 Å². The Bertz CT molecular complexity index is 413. The van der Waals surface area contributed by atoms with Crippen LogP contribution in [0, 0.1) is 0 Å². The summed E-state index contributed by atoms with van der Waals surface area (Å²) in [5, 5.41) is 6.01. The number of amides is 1. The summed E-state index contributed by atoms with van der Waals surface area (Å²) in [6.07, 6.45) is 0.903. The molecule has 2 N–H and O–H groups in total. The molecule has 106 valence electrons. The second-order valence-electron chi connectivity index (χ2n) is 5.37. The summed E-state index contributed by atoms with van der Waals surface area (Å²) in [6, 6.07) is 7.76. The first-order valence-electron chi connectivity index (χ1n) is 6.52. The van der Waals surface area contributed by atoms with Crippen LogP contribution < -0.4 is 10.6 Å². The minimum atomic E-state index is -0.144. The molecule has 0 saturated heterocycles. The van der Waals surface area contributed by atoms with Gasteiger partial charge in [0.2, 0.25) is 0 Å². The van der Waals surface area contributed by atoms with Crippen molar-refractivity contribution in [3.8, 4) is 0 Å². The third-order valence-corrected chi connectivity index (χ3v) is 3.14. The molecule has 0 aliphatic heterocycles. The summed E-state index contributed by atoms with van der Waals surface area (Å²) in [7, 11) is 3.36. The first-order valence-corrected chi connectivity index (χ1v) is 6.52. The molecule has 0 radical (unpaired) electrons. The first kappa shape index (κ1) is 15.5. The predicted octanol–water partition coefficient (Wildman–Crippen LogP) is 2.66. The van der Waals surface area contributed by atoms with Crippen LogP contribution in [0.25, 0.3) is 0 Å². The number of anilines is 1. The van der Waals surface area contributed by atoms with Gasteiger partial charge in [0.1, 0.15) is 0 Å². The van der Waals surface area contributed by atoms with Gasteiger partial charge in [0, 0.05) is 31.5 Å². The van der Waals surface area contributed by atoms with Crippen molar-refractivity contribution < 1.29 is 9.53 Å². The van der Waals surface area contributed by atoms with Gasteiger partial charge < -0.3 is 15.4 Å². The van der Waals surface area contributed by atoms with Gasteiger partial charge in [-0.05, 0) is 51.5 Å². The van der Waals surface area contributed by atoms with E-state index in [1.165, 1.54) is 0 Å². The quantitative estimate of drug-likeness (QED) is 0.830. The lowest BCUT2D eigenvalue weighted by molar-refractivity contribution is 0.0128. The SMILES string of the molecule is CNC(=O)c1ccc(NC(C)CC(C)(C)OC)cc1. The Morgan fingerprint density at radius 3 is 2.37 bits per heavy atom. The molecule has 1 rings (SSSR count). The molecular formula is C15H24N2O2. The summed E-state index contributed by atoms with van der Waals surface area (Å²) >= 11 is 0. The molecule has 1 unspecified atom stereocenters. The zero-order valence-electron chi connectivity index (χ0n) is 12.4. The van der Waals surface area contributed by atoms with Gasteiger partial charge >= 0.3 is 0 Å². The van der Waals surface area contributed by atoms with Crippen molar-refractivity contribution >= 4 is 11.6 Å². The number of methoxy groups -OCH3 is 1. The first-order chi connectivity index (χ1) is 8.88. The van der Waals surface area contributed by atoms with Crippen LogP contribution in [0.3, 0.4) is 0 Å². The summed E-state index contributed by atoms with van der Waals surface area (Å²) in [5.74, 6) is -0.0693. The molecule has 0 saturated carbocycles. The van der Waals surface area contributed by atoms with Crippen LogP contribution in [0.2, 0.25) is 0 Å². The molecule has 1 aromatic carbocycles. The van der Waals surface area contributed by atoms with Gasteiger partial charge in [-0.1, -0.05) is 0 Å². The maximum absolute atomic E-state index is 11.4. The van der Waals surface area contributed by atoms with Gasteiger partial charge in [0.25, 0.3) is 5.91 Å². The Morgan fingerprint density at radius 2 is 1.89 bits per heavy atom. The molecule has 0 aliphatic carbocycles. The third-order valence-electron chi connectivity index (χ3n) is 3.14. The van der Waals surface area contributed by atoms with E-state index in [0.717, 1.165) is 12.1 Å². The normalized spacial score (nSPS) is 12.9. The highest BCUT2D eigenvalue weighted by atomic mass is 16.5. The summed E-state index contributed by atoms with van der Waals surface area (Å²) in [4.78, 5) is 11.4. The predicted molar refractivity (Wildman–Crippen MR) is 78.6 cm³/mol. The van der Waals surface area contributed by atoms with Crippen LogP contribution in [0.1, 0.15) is 37.6 Å². The number of benzene rings is 1. The second-order valence-corrected chi connectivity index (χ2v) is 5.37. The molecule has 1 aromatic rings. The molecular weight excluding hydrogens is 240 g/mol. The number of carbonyl (C=O) groups excluding carboxylic acids is 1. The van der Waals surface area contributed by atoms with Crippen LogP contribution >= 0.6 is 0 Å². The number of ether oxygens (including phenoxy) is 1. The van der Waals surface area contributed by atoms with Crippen LogP contribution in [0.4, 0.5) is 5.69 Å². The number of carbonyl (C=O) groups is 1. The molecule has 0 fully saturated rings. The van der Waals surface area contributed by atoms with Crippen LogP contribution in [-0.4, -0.2) is 31.7 Å². The molecule has 1 atom stereocenters. The number of hydrogen-bond acceptors (Lipinski definition) is 3. The Labute approximate surface area is 115 Å². The fourth-order valence-corrected chi connectivity index (χ4v) is 2.02. The average molecular weight is 264 g/mol. The average Bonchev–Trinajstić information content (AvgIpc) is 2.38. The van der Waals surface area contributed by atoms with E-state index in [1.54, 1.807) is 14.2 Å². The third kappa shape index (κ3) is 4.91. The maximum atomic E-state index is 11.4. The highest BCUT2D eigenvalue weighted by molar-refractivity contribution is 5.94. The monoisotopic (exact) mass is 264 g/mol. The van der Waals surface area contributed by atoms with E-state index in [0.29, 0.717) is 11.6 Å². The summed E-state index contributed by atoms with van der Waals surface area (Å²) in [5.41, 5.74) is 1.53. The lowest BCUT2D eigenvalue weighted by Crippen LogP contribution is -2.31. The summed E-state index contributed by atoms with van der Waals surface area (Å²) in [6.45, 7) is 6.26. The smallest absolute Gasteiger partial charge is 0.251 e.